The lowest BCUT2D eigenvalue weighted by Gasteiger charge is -2.00. The third-order valence-corrected chi connectivity index (χ3v) is 2.26. The molecule has 0 saturated carbocycles. The van der Waals surface area contributed by atoms with E-state index in [1.165, 1.54) is 4.68 Å². The molecule has 0 N–H and O–H groups in total. The Bertz CT molecular complexity index is 318. The van der Waals surface area contributed by atoms with E-state index in [0.29, 0.717) is 16.6 Å². The molecule has 1 heterocycles. The maximum Gasteiger partial charge on any atom is 0.155 e. The summed E-state index contributed by atoms with van der Waals surface area (Å²) in [5.41, 5.74) is 1.32. The second kappa shape index (κ2) is 3.92. The predicted octanol–water partition coefficient (Wildman–Crippen LogP) is 2.08. The summed E-state index contributed by atoms with van der Waals surface area (Å²) in [6.07, 6.45) is 1.56. The number of hydrogen-bond acceptors (Lipinski definition) is 2. The van der Waals surface area contributed by atoms with Gasteiger partial charge in [-0.3, -0.25) is 9.48 Å². The molecule has 0 fully saturated rings. The highest BCUT2D eigenvalue weighted by Gasteiger charge is 2.14. The first kappa shape index (κ1) is 10.3. The van der Waals surface area contributed by atoms with Crippen molar-refractivity contribution in [3.8, 4) is 0 Å². The highest BCUT2D eigenvalue weighted by Crippen LogP contribution is 2.19. The van der Waals surface area contributed by atoms with E-state index in [9.17, 15) is 4.79 Å². The van der Waals surface area contributed by atoms with Gasteiger partial charge in [0.25, 0.3) is 0 Å². The minimum absolute atomic E-state index is 0.422. The van der Waals surface area contributed by atoms with Gasteiger partial charge in [-0.2, -0.15) is 5.10 Å². The number of nitrogens with zero attached hydrogens (tertiary/aromatic N) is 2. The third kappa shape index (κ3) is 2.10. The molecule has 1 aromatic rings. The van der Waals surface area contributed by atoms with Crippen LogP contribution in [0, 0.1) is 5.92 Å². The average Bonchev–Trinajstić information content (AvgIpc) is 2.27. The molecular formula is C9H13ClN2O. The van der Waals surface area contributed by atoms with Gasteiger partial charge in [0.2, 0.25) is 0 Å². The summed E-state index contributed by atoms with van der Waals surface area (Å²) in [6, 6.07) is 0. The van der Waals surface area contributed by atoms with Crippen LogP contribution in [0.25, 0.3) is 0 Å². The quantitative estimate of drug-likeness (QED) is 0.701. The molecule has 0 atom stereocenters. The summed E-state index contributed by atoms with van der Waals surface area (Å²) >= 11 is 5.87. The Hall–Kier alpha value is -0.830. The molecule has 72 valence electrons. The lowest BCUT2D eigenvalue weighted by Crippen LogP contribution is -1.98. The molecule has 0 spiro atoms. The fraction of sp³-hybridized carbons (Fsp3) is 0.556. The topological polar surface area (TPSA) is 34.9 Å². The number of hydrogen-bond donors (Lipinski definition) is 0. The molecule has 13 heavy (non-hydrogen) atoms. The summed E-state index contributed by atoms with van der Waals surface area (Å²) in [5.74, 6) is 0.477. The van der Waals surface area contributed by atoms with Gasteiger partial charge in [-0.25, -0.2) is 0 Å². The zero-order chi connectivity index (χ0) is 10.0. The minimum atomic E-state index is 0.422. The molecule has 1 rings (SSSR count). The number of aryl methyl sites for hydroxylation is 1. The first-order valence-electron chi connectivity index (χ1n) is 4.22. The smallest absolute Gasteiger partial charge is 0.155 e. The van der Waals surface area contributed by atoms with E-state index in [4.69, 9.17) is 11.6 Å². The third-order valence-electron chi connectivity index (χ3n) is 1.81. The average molecular weight is 201 g/mol. The standard InChI is InChI=1S/C9H13ClN2O/c1-6(2)4-8-7(5-13)9(10)12(3)11-8/h5-6H,4H2,1-3H3. The summed E-state index contributed by atoms with van der Waals surface area (Å²) < 4.78 is 1.53. The molecule has 3 nitrogen and oxygen atoms in total. The second-order valence-electron chi connectivity index (χ2n) is 3.49. The molecule has 0 aliphatic heterocycles. The van der Waals surface area contributed by atoms with Crippen LogP contribution in [0.5, 0.6) is 0 Å². The van der Waals surface area contributed by atoms with Gasteiger partial charge in [0.05, 0.1) is 11.3 Å². The second-order valence-corrected chi connectivity index (χ2v) is 3.85. The molecule has 4 heteroatoms. The number of aldehydes is 1. The largest absolute Gasteiger partial charge is 0.298 e. The van der Waals surface area contributed by atoms with E-state index < -0.39 is 0 Å². The van der Waals surface area contributed by atoms with E-state index in [0.717, 1.165) is 18.4 Å². The molecule has 1 aromatic heterocycles. The fourth-order valence-electron chi connectivity index (χ4n) is 1.23. The van der Waals surface area contributed by atoms with Gasteiger partial charge >= 0.3 is 0 Å². The first-order chi connectivity index (χ1) is 6.06. The molecule has 0 bridgehead atoms. The molecule has 0 aliphatic carbocycles. The van der Waals surface area contributed by atoms with Crippen LogP contribution in [0.15, 0.2) is 0 Å². The van der Waals surface area contributed by atoms with Crippen LogP contribution in [-0.2, 0) is 13.5 Å². The lowest BCUT2D eigenvalue weighted by atomic mass is 10.1. The molecule has 0 saturated heterocycles. The normalized spacial score (nSPS) is 10.8. The number of halogens is 1. The molecule has 0 unspecified atom stereocenters. The van der Waals surface area contributed by atoms with Crippen molar-refractivity contribution in [2.75, 3.05) is 0 Å². The van der Waals surface area contributed by atoms with Crippen LogP contribution in [-0.4, -0.2) is 16.1 Å². The van der Waals surface area contributed by atoms with Crippen molar-refractivity contribution in [2.24, 2.45) is 13.0 Å². The highest BCUT2D eigenvalue weighted by molar-refractivity contribution is 6.32. The van der Waals surface area contributed by atoms with Crippen molar-refractivity contribution in [2.45, 2.75) is 20.3 Å². The monoisotopic (exact) mass is 200 g/mol. The van der Waals surface area contributed by atoms with Crippen LogP contribution in [0.3, 0.4) is 0 Å². The molecule has 0 aromatic carbocycles. The van der Waals surface area contributed by atoms with Gasteiger partial charge in [-0.05, 0) is 12.3 Å². The van der Waals surface area contributed by atoms with Crippen LogP contribution in [0.4, 0.5) is 0 Å². The summed E-state index contributed by atoms with van der Waals surface area (Å²) in [4.78, 5) is 10.7. The highest BCUT2D eigenvalue weighted by atomic mass is 35.5. The SMILES string of the molecule is CC(C)Cc1nn(C)c(Cl)c1C=O. The Kier molecular flexibility index (Phi) is 3.09. The van der Waals surface area contributed by atoms with Crippen LogP contribution >= 0.6 is 11.6 Å². The zero-order valence-corrected chi connectivity index (χ0v) is 8.80. The van der Waals surface area contributed by atoms with Gasteiger partial charge in [-0.1, -0.05) is 25.4 Å². The summed E-state index contributed by atoms with van der Waals surface area (Å²) in [6.45, 7) is 4.16. The lowest BCUT2D eigenvalue weighted by molar-refractivity contribution is 0.112. The summed E-state index contributed by atoms with van der Waals surface area (Å²) in [7, 11) is 1.74. The van der Waals surface area contributed by atoms with Gasteiger partial charge in [0.15, 0.2) is 6.29 Å². The van der Waals surface area contributed by atoms with Crippen LogP contribution in [0.2, 0.25) is 5.15 Å². The van der Waals surface area contributed by atoms with Crippen LogP contribution < -0.4 is 0 Å². The van der Waals surface area contributed by atoms with Crippen molar-refractivity contribution in [1.82, 2.24) is 9.78 Å². The van der Waals surface area contributed by atoms with E-state index in [2.05, 4.69) is 18.9 Å². The predicted molar refractivity (Wildman–Crippen MR) is 52.1 cm³/mol. The Labute approximate surface area is 82.7 Å². The molecule has 0 aliphatic rings. The van der Waals surface area contributed by atoms with Gasteiger partial charge < -0.3 is 0 Å². The maximum atomic E-state index is 10.7. The van der Waals surface area contributed by atoms with E-state index >= 15 is 0 Å². The number of carbonyl (C=O) groups excluding carboxylic acids is 1. The first-order valence-corrected chi connectivity index (χ1v) is 4.60. The number of rotatable bonds is 3. The minimum Gasteiger partial charge on any atom is -0.298 e. The van der Waals surface area contributed by atoms with Gasteiger partial charge in [0, 0.05) is 7.05 Å². The van der Waals surface area contributed by atoms with Gasteiger partial charge in [0.1, 0.15) is 5.15 Å². The number of aromatic nitrogens is 2. The van der Waals surface area contributed by atoms with Crippen molar-refractivity contribution < 1.29 is 4.79 Å². The van der Waals surface area contributed by atoms with E-state index in [1.807, 2.05) is 0 Å². The van der Waals surface area contributed by atoms with Gasteiger partial charge in [-0.15, -0.1) is 0 Å². The Morgan fingerprint density at radius 3 is 2.69 bits per heavy atom. The molecule has 0 amide bonds. The summed E-state index contributed by atoms with van der Waals surface area (Å²) in [5, 5.41) is 4.60. The Morgan fingerprint density at radius 1 is 1.62 bits per heavy atom. The molecular weight excluding hydrogens is 188 g/mol. The van der Waals surface area contributed by atoms with Crippen molar-refractivity contribution >= 4 is 17.9 Å². The number of carbonyl (C=O) groups is 1. The molecule has 0 radical (unpaired) electrons. The van der Waals surface area contributed by atoms with E-state index in [-0.39, 0.29) is 0 Å². The zero-order valence-electron chi connectivity index (χ0n) is 8.04. The fourth-order valence-corrected chi connectivity index (χ4v) is 1.42. The van der Waals surface area contributed by atoms with Crippen molar-refractivity contribution in [3.63, 3.8) is 0 Å². The van der Waals surface area contributed by atoms with E-state index in [1.54, 1.807) is 7.05 Å². The van der Waals surface area contributed by atoms with Crippen molar-refractivity contribution in [3.05, 3.63) is 16.4 Å². The maximum absolute atomic E-state index is 10.7. The van der Waals surface area contributed by atoms with Crippen LogP contribution in [0.1, 0.15) is 29.9 Å². The Morgan fingerprint density at radius 2 is 2.23 bits per heavy atom. The van der Waals surface area contributed by atoms with Crippen molar-refractivity contribution in [1.29, 1.82) is 0 Å². The Balaban J connectivity index is 3.06.